The van der Waals surface area contributed by atoms with Gasteiger partial charge in [-0.05, 0) is 35.9 Å². The Kier molecular flexibility index (Phi) is 3.75. The molecule has 106 valence electrons. The SMILES string of the molecule is O=C1/C(=C/c2ccc(OC(F)F)cc2)Sc2ccccc21. The summed E-state index contributed by atoms with van der Waals surface area (Å²) in [7, 11) is 0. The van der Waals surface area contributed by atoms with Gasteiger partial charge in [0.2, 0.25) is 5.78 Å². The fourth-order valence-corrected chi connectivity index (χ4v) is 3.08. The van der Waals surface area contributed by atoms with Gasteiger partial charge in [-0.1, -0.05) is 36.0 Å². The van der Waals surface area contributed by atoms with E-state index >= 15 is 0 Å². The van der Waals surface area contributed by atoms with Crippen LogP contribution in [0, 0.1) is 0 Å². The first kappa shape index (κ1) is 13.8. The van der Waals surface area contributed by atoms with Crippen LogP contribution < -0.4 is 4.74 Å². The highest BCUT2D eigenvalue weighted by Gasteiger charge is 2.24. The molecule has 0 radical (unpaired) electrons. The van der Waals surface area contributed by atoms with Gasteiger partial charge in [0.05, 0.1) is 4.91 Å². The van der Waals surface area contributed by atoms with Gasteiger partial charge in [-0.3, -0.25) is 4.79 Å². The standard InChI is InChI=1S/C16H10F2O2S/c17-16(18)20-11-7-5-10(6-8-11)9-14-15(19)12-3-1-2-4-13(12)21-14/h1-9,16H/b14-9-. The highest BCUT2D eigenvalue weighted by atomic mass is 32.2. The zero-order valence-electron chi connectivity index (χ0n) is 10.8. The van der Waals surface area contributed by atoms with Crippen molar-refractivity contribution in [2.75, 3.05) is 0 Å². The maximum atomic E-state index is 12.2. The summed E-state index contributed by atoms with van der Waals surface area (Å²) >= 11 is 1.41. The molecule has 0 bridgehead atoms. The zero-order chi connectivity index (χ0) is 14.8. The molecule has 0 N–H and O–H groups in total. The summed E-state index contributed by atoms with van der Waals surface area (Å²) in [5.41, 5.74) is 1.46. The third-order valence-corrected chi connectivity index (χ3v) is 4.08. The summed E-state index contributed by atoms with van der Waals surface area (Å²) in [6.07, 6.45) is 1.75. The van der Waals surface area contributed by atoms with E-state index in [2.05, 4.69) is 4.74 Å². The van der Waals surface area contributed by atoms with Crippen molar-refractivity contribution in [3.63, 3.8) is 0 Å². The number of alkyl halides is 2. The fourth-order valence-electron chi connectivity index (χ4n) is 2.03. The van der Waals surface area contributed by atoms with E-state index in [9.17, 15) is 13.6 Å². The van der Waals surface area contributed by atoms with E-state index < -0.39 is 6.61 Å². The number of allylic oxidation sites excluding steroid dienone is 1. The number of rotatable bonds is 3. The van der Waals surface area contributed by atoms with Crippen molar-refractivity contribution in [1.29, 1.82) is 0 Å². The molecule has 21 heavy (non-hydrogen) atoms. The Balaban J connectivity index is 1.82. The first-order valence-electron chi connectivity index (χ1n) is 6.21. The number of fused-ring (bicyclic) bond motifs is 1. The van der Waals surface area contributed by atoms with Gasteiger partial charge in [-0.25, -0.2) is 0 Å². The van der Waals surface area contributed by atoms with E-state index in [0.29, 0.717) is 10.5 Å². The van der Waals surface area contributed by atoms with Crippen LogP contribution in [-0.2, 0) is 0 Å². The third-order valence-electron chi connectivity index (χ3n) is 2.98. The van der Waals surface area contributed by atoms with Gasteiger partial charge in [0.25, 0.3) is 0 Å². The van der Waals surface area contributed by atoms with Crippen LogP contribution in [0.25, 0.3) is 6.08 Å². The van der Waals surface area contributed by atoms with Crippen LogP contribution in [-0.4, -0.2) is 12.4 Å². The molecule has 0 aromatic heterocycles. The topological polar surface area (TPSA) is 26.3 Å². The molecule has 0 spiro atoms. The van der Waals surface area contributed by atoms with Crippen molar-refractivity contribution < 1.29 is 18.3 Å². The van der Waals surface area contributed by atoms with E-state index in [1.807, 2.05) is 18.2 Å². The first-order valence-corrected chi connectivity index (χ1v) is 7.03. The van der Waals surface area contributed by atoms with E-state index in [1.165, 1.54) is 23.9 Å². The van der Waals surface area contributed by atoms with Gasteiger partial charge in [0, 0.05) is 10.5 Å². The first-order chi connectivity index (χ1) is 10.1. The summed E-state index contributed by atoms with van der Waals surface area (Å²) in [5.74, 6) is 0.0874. The molecule has 2 aromatic carbocycles. The third kappa shape index (κ3) is 2.97. The average molecular weight is 304 g/mol. The Morgan fingerprint density at radius 1 is 1.05 bits per heavy atom. The minimum atomic E-state index is -2.84. The summed E-state index contributed by atoms with van der Waals surface area (Å²) in [6.45, 7) is -2.84. The molecule has 0 atom stereocenters. The van der Waals surface area contributed by atoms with Gasteiger partial charge in [0.15, 0.2) is 0 Å². The number of ether oxygens (including phenoxy) is 1. The molecule has 3 rings (SSSR count). The summed E-state index contributed by atoms with van der Waals surface area (Å²) in [5, 5.41) is 0. The number of hydrogen-bond donors (Lipinski definition) is 0. The Labute approximate surface area is 124 Å². The highest BCUT2D eigenvalue weighted by Crippen LogP contribution is 2.40. The van der Waals surface area contributed by atoms with E-state index in [4.69, 9.17) is 0 Å². The largest absolute Gasteiger partial charge is 0.435 e. The quantitative estimate of drug-likeness (QED) is 0.774. The van der Waals surface area contributed by atoms with Crippen LogP contribution in [0.3, 0.4) is 0 Å². The van der Waals surface area contributed by atoms with Gasteiger partial charge in [-0.2, -0.15) is 8.78 Å². The Bertz CT molecular complexity index is 708. The van der Waals surface area contributed by atoms with E-state index in [0.717, 1.165) is 10.5 Å². The van der Waals surface area contributed by atoms with E-state index in [-0.39, 0.29) is 11.5 Å². The fraction of sp³-hybridized carbons (Fsp3) is 0.0625. The van der Waals surface area contributed by atoms with Crippen LogP contribution in [0.4, 0.5) is 8.78 Å². The lowest BCUT2D eigenvalue weighted by Crippen LogP contribution is -2.01. The Morgan fingerprint density at radius 3 is 2.43 bits per heavy atom. The average Bonchev–Trinajstić information content (AvgIpc) is 2.78. The maximum absolute atomic E-state index is 12.2. The Morgan fingerprint density at radius 2 is 1.76 bits per heavy atom. The number of Topliss-reactive ketones (excluding diaryl/α,β-unsaturated/α-hetero) is 1. The van der Waals surface area contributed by atoms with Crippen molar-refractivity contribution in [2.24, 2.45) is 0 Å². The van der Waals surface area contributed by atoms with Crippen molar-refractivity contribution >= 4 is 23.6 Å². The highest BCUT2D eigenvalue weighted by molar-refractivity contribution is 8.04. The predicted octanol–water partition coefficient (Wildman–Crippen LogP) is 4.62. The number of hydrogen-bond acceptors (Lipinski definition) is 3. The molecule has 0 saturated carbocycles. The molecule has 2 aromatic rings. The molecule has 0 saturated heterocycles. The minimum Gasteiger partial charge on any atom is -0.435 e. The number of benzene rings is 2. The van der Waals surface area contributed by atoms with Crippen LogP contribution >= 0.6 is 11.8 Å². The molecular formula is C16H10F2O2S. The van der Waals surface area contributed by atoms with Crippen LogP contribution in [0.2, 0.25) is 0 Å². The lowest BCUT2D eigenvalue weighted by atomic mass is 10.1. The lowest BCUT2D eigenvalue weighted by molar-refractivity contribution is -0.0498. The normalized spacial score (nSPS) is 15.6. The monoisotopic (exact) mass is 304 g/mol. The smallest absolute Gasteiger partial charge is 0.387 e. The molecule has 5 heteroatoms. The molecule has 0 fully saturated rings. The van der Waals surface area contributed by atoms with Gasteiger partial charge < -0.3 is 4.74 Å². The van der Waals surface area contributed by atoms with Crippen molar-refractivity contribution in [2.45, 2.75) is 11.5 Å². The number of halogens is 2. The Hall–Kier alpha value is -2.14. The number of thioether (sulfide) groups is 1. The molecule has 2 nitrogen and oxygen atoms in total. The number of carbonyl (C=O) groups excluding carboxylic acids is 1. The molecule has 0 amide bonds. The van der Waals surface area contributed by atoms with Gasteiger partial charge in [-0.15, -0.1) is 0 Å². The molecule has 0 unspecified atom stereocenters. The number of carbonyl (C=O) groups is 1. The number of ketones is 1. The van der Waals surface area contributed by atoms with Crippen molar-refractivity contribution in [3.05, 3.63) is 64.6 Å². The zero-order valence-corrected chi connectivity index (χ0v) is 11.6. The van der Waals surface area contributed by atoms with E-state index in [1.54, 1.807) is 24.3 Å². The molecule has 0 aliphatic carbocycles. The summed E-state index contributed by atoms with van der Waals surface area (Å²) in [6, 6.07) is 13.6. The molecule has 1 heterocycles. The summed E-state index contributed by atoms with van der Waals surface area (Å²) < 4.78 is 28.4. The molecular weight excluding hydrogens is 294 g/mol. The van der Waals surface area contributed by atoms with Crippen LogP contribution in [0.15, 0.2) is 58.3 Å². The van der Waals surface area contributed by atoms with Crippen LogP contribution in [0.1, 0.15) is 15.9 Å². The van der Waals surface area contributed by atoms with Crippen molar-refractivity contribution in [1.82, 2.24) is 0 Å². The lowest BCUT2D eigenvalue weighted by Gasteiger charge is -2.04. The predicted molar refractivity (Wildman–Crippen MR) is 77.7 cm³/mol. The second kappa shape index (κ2) is 5.69. The second-order valence-corrected chi connectivity index (χ2v) is 5.47. The summed E-state index contributed by atoms with van der Waals surface area (Å²) in [4.78, 5) is 13.8. The minimum absolute atomic E-state index is 0.0106. The van der Waals surface area contributed by atoms with Crippen molar-refractivity contribution in [3.8, 4) is 5.75 Å². The molecule has 1 aliphatic rings. The maximum Gasteiger partial charge on any atom is 0.387 e. The second-order valence-electron chi connectivity index (χ2n) is 4.38. The molecule has 1 aliphatic heterocycles. The van der Waals surface area contributed by atoms with Crippen LogP contribution in [0.5, 0.6) is 5.75 Å². The van der Waals surface area contributed by atoms with Gasteiger partial charge in [0.1, 0.15) is 5.75 Å². The van der Waals surface area contributed by atoms with Gasteiger partial charge >= 0.3 is 6.61 Å².